The minimum Gasteiger partial charge on any atom is -0.354 e. The van der Waals surface area contributed by atoms with E-state index in [2.05, 4.69) is 12.2 Å². The Hall–Kier alpha value is -2.87. The Labute approximate surface area is 123 Å². The monoisotopic (exact) mass is 281 g/mol. The maximum Gasteiger partial charge on any atom is 0.270 e. The maximum atomic E-state index is 10.8. The van der Waals surface area contributed by atoms with Crippen LogP contribution in [0.5, 0.6) is 0 Å². The summed E-state index contributed by atoms with van der Waals surface area (Å²) in [7, 11) is 0. The second-order valence-electron chi connectivity index (χ2n) is 4.63. The van der Waals surface area contributed by atoms with E-state index in [1.807, 2.05) is 30.3 Å². The molecule has 0 aliphatic carbocycles. The number of non-ortho nitro benzene ring substituents is 1. The Morgan fingerprint density at radius 3 is 2.67 bits per heavy atom. The molecule has 0 aliphatic rings. The highest BCUT2D eigenvalue weighted by Crippen LogP contribution is 2.27. The Kier molecular flexibility index (Phi) is 4.52. The van der Waals surface area contributed by atoms with E-state index in [1.54, 1.807) is 6.07 Å². The van der Waals surface area contributed by atoms with Crippen LogP contribution in [-0.4, -0.2) is 4.92 Å². The molecule has 0 amide bonds. The van der Waals surface area contributed by atoms with Crippen molar-refractivity contribution < 1.29 is 4.92 Å². The van der Waals surface area contributed by atoms with Gasteiger partial charge in [-0.05, 0) is 24.1 Å². The number of para-hydroxylation sites is 1. The summed E-state index contributed by atoms with van der Waals surface area (Å²) in [6, 6.07) is 14.1. The van der Waals surface area contributed by atoms with Gasteiger partial charge in [-0.3, -0.25) is 10.1 Å². The molecule has 2 aromatic carbocycles. The van der Waals surface area contributed by atoms with Crippen LogP contribution in [0.4, 0.5) is 17.1 Å². The second-order valence-corrected chi connectivity index (χ2v) is 4.63. The third kappa shape index (κ3) is 3.37. The molecule has 0 aromatic heterocycles. The standard InChI is InChI=1S/C16H15N3O2/c1-2-5-12-6-3-4-7-15(12)18-16-9-8-14(19(20)21)10-13(16)11-17/h3-4,6-10,18H,2,5H2,1H3. The lowest BCUT2D eigenvalue weighted by Crippen LogP contribution is -1.99. The molecule has 0 spiro atoms. The highest BCUT2D eigenvalue weighted by atomic mass is 16.6. The van der Waals surface area contributed by atoms with Crippen molar-refractivity contribution in [1.29, 1.82) is 5.26 Å². The molecule has 2 rings (SSSR count). The lowest BCUT2D eigenvalue weighted by Gasteiger charge is -2.12. The number of aryl methyl sites for hydroxylation is 1. The zero-order chi connectivity index (χ0) is 15.2. The van der Waals surface area contributed by atoms with Crippen molar-refractivity contribution in [2.75, 3.05) is 5.32 Å². The Morgan fingerprint density at radius 1 is 1.24 bits per heavy atom. The SMILES string of the molecule is CCCc1ccccc1Nc1ccc([N+](=O)[O-])cc1C#N. The Bertz CT molecular complexity index is 705. The lowest BCUT2D eigenvalue weighted by atomic mass is 10.1. The van der Waals surface area contributed by atoms with Gasteiger partial charge in [0.15, 0.2) is 0 Å². The average Bonchev–Trinajstić information content (AvgIpc) is 2.49. The van der Waals surface area contributed by atoms with E-state index < -0.39 is 4.92 Å². The minimum atomic E-state index is -0.504. The predicted octanol–water partition coefficient (Wildman–Crippen LogP) is 4.16. The molecule has 21 heavy (non-hydrogen) atoms. The summed E-state index contributed by atoms with van der Waals surface area (Å²) in [5.41, 5.74) is 2.83. The van der Waals surface area contributed by atoms with Gasteiger partial charge in [0.05, 0.1) is 16.2 Å². The number of anilines is 2. The summed E-state index contributed by atoms with van der Waals surface area (Å²) in [6.45, 7) is 2.10. The van der Waals surface area contributed by atoms with E-state index in [0.717, 1.165) is 24.1 Å². The number of hydrogen-bond donors (Lipinski definition) is 1. The second kappa shape index (κ2) is 6.53. The molecular formula is C16H15N3O2. The zero-order valence-electron chi connectivity index (χ0n) is 11.7. The van der Waals surface area contributed by atoms with E-state index in [-0.39, 0.29) is 11.3 Å². The van der Waals surface area contributed by atoms with Crippen LogP contribution < -0.4 is 5.32 Å². The molecule has 0 unspecified atom stereocenters. The fourth-order valence-corrected chi connectivity index (χ4v) is 2.12. The van der Waals surface area contributed by atoms with Crippen molar-refractivity contribution in [2.24, 2.45) is 0 Å². The van der Waals surface area contributed by atoms with Crippen molar-refractivity contribution >= 4 is 17.1 Å². The van der Waals surface area contributed by atoms with Crippen molar-refractivity contribution in [3.8, 4) is 6.07 Å². The predicted molar refractivity (Wildman–Crippen MR) is 81.5 cm³/mol. The molecule has 0 fully saturated rings. The van der Waals surface area contributed by atoms with Gasteiger partial charge >= 0.3 is 0 Å². The van der Waals surface area contributed by atoms with Crippen LogP contribution in [0, 0.1) is 21.4 Å². The van der Waals surface area contributed by atoms with Crippen LogP contribution in [0.1, 0.15) is 24.5 Å². The fourth-order valence-electron chi connectivity index (χ4n) is 2.12. The van der Waals surface area contributed by atoms with Crippen LogP contribution in [0.15, 0.2) is 42.5 Å². The number of nitro groups is 1. The topological polar surface area (TPSA) is 79.0 Å². The molecule has 0 atom stereocenters. The van der Waals surface area contributed by atoms with Gasteiger partial charge in [-0.2, -0.15) is 5.26 Å². The number of nitrogens with zero attached hydrogens (tertiary/aromatic N) is 2. The van der Waals surface area contributed by atoms with Gasteiger partial charge in [0.25, 0.3) is 5.69 Å². The number of hydrogen-bond acceptors (Lipinski definition) is 4. The Morgan fingerprint density at radius 2 is 2.00 bits per heavy atom. The quantitative estimate of drug-likeness (QED) is 0.659. The van der Waals surface area contributed by atoms with Crippen LogP contribution >= 0.6 is 0 Å². The van der Waals surface area contributed by atoms with Gasteiger partial charge < -0.3 is 5.32 Å². The summed E-state index contributed by atoms with van der Waals surface area (Å²) in [5.74, 6) is 0. The van der Waals surface area contributed by atoms with E-state index in [1.165, 1.54) is 12.1 Å². The molecule has 0 saturated heterocycles. The molecule has 2 aromatic rings. The molecule has 0 radical (unpaired) electrons. The van der Waals surface area contributed by atoms with Crippen molar-refractivity contribution in [3.63, 3.8) is 0 Å². The third-order valence-corrected chi connectivity index (χ3v) is 3.14. The first kappa shape index (κ1) is 14.5. The molecule has 106 valence electrons. The average molecular weight is 281 g/mol. The van der Waals surface area contributed by atoms with Gasteiger partial charge in [-0.25, -0.2) is 0 Å². The summed E-state index contributed by atoms with van der Waals surface area (Å²) < 4.78 is 0. The number of benzene rings is 2. The molecule has 0 bridgehead atoms. The van der Waals surface area contributed by atoms with Crippen molar-refractivity contribution in [1.82, 2.24) is 0 Å². The number of nitriles is 1. The Balaban J connectivity index is 2.36. The zero-order valence-corrected chi connectivity index (χ0v) is 11.7. The van der Waals surface area contributed by atoms with Crippen LogP contribution in [0.3, 0.4) is 0 Å². The lowest BCUT2D eigenvalue weighted by molar-refractivity contribution is -0.384. The molecule has 1 N–H and O–H groups in total. The molecular weight excluding hydrogens is 266 g/mol. The maximum absolute atomic E-state index is 10.8. The first-order valence-corrected chi connectivity index (χ1v) is 6.69. The molecule has 0 aliphatic heterocycles. The van der Waals surface area contributed by atoms with Crippen molar-refractivity contribution in [3.05, 3.63) is 63.7 Å². The van der Waals surface area contributed by atoms with E-state index >= 15 is 0 Å². The van der Waals surface area contributed by atoms with Crippen LogP contribution in [-0.2, 0) is 6.42 Å². The van der Waals surface area contributed by atoms with Gasteiger partial charge in [0.1, 0.15) is 6.07 Å². The highest BCUT2D eigenvalue weighted by Gasteiger charge is 2.11. The summed E-state index contributed by atoms with van der Waals surface area (Å²) in [6.07, 6.45) is 1.95. The number of nitro benzene ring substituents is 1. The first-order valence-electron chi connectivity index (χ1n) is 6.69. The number of nitrogens with one attached hydrogen (secondary N) is 1. The van der Waals surface area contributed by atoms with E-state index in [0.29, 0.717) is 5.69 Å². The highest BCUT2D eigenvalue weighted by molar-refractivity contribution is 5.70. The van der Waals surface area contributed by atoms with E-state index in [9.17, 15) is 10.1 Å². The molecule has 5 heteroatoms. The summed E-state index contributed by atoms with van der Waals surface area (Å²) in [4.78, 5) is 10.2. The summed E-state index contributed by atoms with van der Waals surface area (Å²) in [5, 5.41) is 23.1. The van der Waals surface area contributed by atoms with Gasteiger partial charge in [0.2, 0.25) is 0 Å². The van der Waals surface area contributed by atoms with Gasteiger partial charge in [0, 0.05) is 17.8 Å². The first-order chi connectivity index (χ1) is 10.2. The van der Waals surface area contributed by atoms with E-state index in [4.69, 9.17) is 5.26 Å². The minimum absolute atomic E-state index is 0.0843. The third-order valence-electron chi connectivity index (χ3n) is 3.14. The van der Waals surface area contributed by atoms with Gasteiger partial charge in [-0.1, -0.05) is 31.5 Å². The van der Waals surface area contributed by atoms with Crippen LogP contribution in [0.25, 0.3) is 0 Å². The summed E-state index contributed by atoms with van der Waals surface area (Å²) >= 11 is 0. The van der Waals surface area contributed by atoms with Crippen molar-refractivity contribution in [2.45, 2.75) is 19.8 Å². The van der Waals surface area contributed by atoms with Gasteiger partial charge in [-0.15, -0.1) is 0 Å². The molecule has 0 saturated carbocycles. The normalized spacial score (nSPS) is 9.90. The largest absolute Gasteiger partial charge is 0.354 e. The van der Waals surface area contributed by atoms with Crippen LogP contribution in [0.2, 0.25) is 0 Å². The molecule has 0 heterocycles. The fraction of sp³-hybridized carbons (Fsp3) is 0.188. The smallest absolute Gasteiger partial charge is 0.270 e. The number of rotatable bonds is 5. The molecule has 5 nitrogen and oxygen atoms in total.